The van der Waals surface area contributed by atoms with E-state index in [4.69, 9.17) is 4.18 Å². The molecule has 0 bridgehead atoms. The lowest BCUT2D eigenvalue weighted by Crippen LogP contribution is -2.26. The monoisotopic (exact) mass is 326 g/mol. The molecule has 1 atom stereocenters. The van der Waals surface area contributed by atoms with Gasteiger partial charge in [-0.2, -0.15) is 8.42 Å². The molecule has 0 aliphatic heterocycles. The number of hydrogen-bond donors (Lipinski definition) is 1. The highest BCUT2D eigenvalue weighted by atomic mass is 32.2. The van der Waals surface area contributed by atoms with Crippen LogP contribution in [0, 0.1) is 6.92 Å². The zero-order valence-corrected chi connectivity index (χ0v) is 14.6. The number of aryl methyl sites for hydroxylation is 1. The first kappa shape index (κ1) is 18.9. The molecule has 0 radical (unpaired) electrons. The number of allylic oxidation sites excluding steroid dienone is 2. The highest BCUT2D eigenvalue weighted by Gasteiger charge is 2.22. The fourth-order valence-corrected chi connectivity index (χ4v) is 2.85. The summed E-state index contributed by atoms with van der Waals surface area (Å²) in [4.78, 5) is 0.141. The third-order valence-corrected chi connectivity index (χ3v) is 4.75. The Hall–Kier alpha value is -1.17. The summed E-state index contributed by atoms with van der Waals surface area (Å²) in [6.07, 6.45) is 3.67. The van der Waals surface area contributed by atoms with Crippen molar-refractivity contribution in [3.8, 4) is 0 Å². The first-order chi connectivity index (χ1) is 10.1. The van der Waals surface area contributed by atoms with Crippen LogP contribution in [0.4, 0.5) is 0 Å². The lowest BCUT2D eigenvalue weighted by Gasteiger charge is -2.22. The van der Waals surface area contributed by atoms with E-state index >= 15 is 0 Å². The second kappa shape index (κ2) is 7.90. The topological polar surface area (TPSA) is 63.6 Å². The Morgan fingerprint density at radius 2 is 1.82 bits per heavy atom. The molecule has 0 aromatic heterocycles. The van der Waals surface area contributed by atoms with Crippen LogP contribution < -0.4 is 0 Å². The predicted molar refractivity (Wildman–Crippen MR) is 88.2 cm³/mol. The van der Waals surface area contributed by atoms with Crippen molar-refractivity contribution in [2.45, 2.75) is 57.5 Å². The Morgan fingerprint density at radius 3 is 2.36 bits per heavy atom. The molecular formula is C17H26O4S. The fraction of sp³-hybridized carbons (Fsp3) is 0.529. The zero-order valence-electron chi connectivity index (χ0n) is 13.8. The molecule has 124 valence electrons. The Morgan fingerprint density at radius 1 is 1.23 bits per heavy atom. The first-order valence-electron chi connectivity index (χ1n) is 7.44. The number of benzene rings is 1. The normalized spacial score (nSPS) is 14.4. The molecule has 0 aliphatic carbocycles. The van der Waals surface area contributed by atoms with E-state index in [1.165, 1.54) is 17.7 Å². The molecule has 22 heavy (non-hydrogen) atoms. The molecule has 1 N–H and O–H groups in total. The van der Waals surface area contributed by atoms with Crippen LogP contribution in [-0.4, -0.2) is 25.7 Å². The molecule has 4 nitrogen and oxygen atoms in total. The first-order valence-corrected chi connectivity index (χ1v) is 8.85. The summed E-state index contributed by atoms with van der Waals surface area (Å²) in [5.74, 6) is 0. The largest absolute Gasteiger partial charge is 0.390 e. The third-order valence-electron chi connectivity index (χ3n) is 3.42. The van der Waals surface area contributed by atoms with Gasteiger partial charge in [-0.1, -0.05) is 29.3 Å². The van der Waals surface area contributed by atoms with Crippen molar-refractivity contribution in [3.05, 3.63) is 41.5 Å². The van der Waals surface area contributed by atoms with Crippen molar-refractivity contribution >= 4 is 10.1 Å². The summed E-state index contributed by atoms with van der Waals surface area (Å²) >= 11 is 0. The number of hydrogen-bond acceptors (Lipinski definition) is 4. The van der Waals surface area contributed by atoms with Crippen molar-refractivity contribution < 1.29 is 17.7 Å². The van der Waals surface area contributed by atoms with E-state index in [1.807, 2.05) is 20.8 Å². The van der Waals surface area contributed by atoms with E-state index in [9.17, 15) is 13.5 Å². The van der Waals surface area contributed by atoms with Crippen molar-refractivity contribution in [1.82, 2.24) is 0 Å². The van der Waals surface area contributed by atoms with Crippen LogP contribution in [-0.2, 0) is 14.3 Å². The van der Waals surface area contributed by atoms with E-state index in [-0.39, 0.29) is 17.9 Å². The summed E-state index contributed by atoms with van der Waals surface area (Å²) in [7, 11) is -3.76. The quantitative estimate of drug-likeness (QED) is 0.586. The maximum Gasteiger partial charge on any atom is 0.296 e. The minimum atomic E-state index is -3.76. The van der Waals surface area contributed by atoms with Crippen LogP contribution in [0.5, 0.6) is 0 Å². The highest BCUT2D eigenvalue weighted by Crippen LogP contribution is 2.20. The van der Waals surface area contributed by atoms with Gasteiger partial charge in [-0.3, -0.25) is 4.18 Å². The summed E-state index contributed by atoms with van der Waals surface area (Å²) in [6.45, 7) is 7.57. The molecule has 1 aromatic rings. The average molecular weight is 326 g/mol. The number of aliphatic hydroxyl groups is 1. The molecule has 0 unspecified atom stereocenters. The van der Waals surface area contributed by atoms with Gasteiger partial charge in [-0.15, -0.1) is 0 Å². The van der Waals surface area contributed by atoms with Gasteiger partial charge in [-0.25, -0.2) is 0 Å². The SMILES string of the molecule is CC(C)=CCC[C@](C)(O)CCOS(=O)(=O)c1ccc(C)cc1. The fourth-order valence-electron chi connectivity index (χ4n) is 1.94. The Labute approximate surface area is 133 Å². The number of rotatable bonds is 8. The van der Waals surface area contributed by atoms with Gasteiger partial charge in [-0.05, 0) is 52.7 Å². The summed E-state index contributed by atoms with van der Waals surface area (Å²) in [5.41, 5.74) is 1.25. The molecule has 0 saturated heterocycles. The smallest absolute Gasteiger partial charge is 0.296 e. The highest BCUT2D eigenvalue weighted by molar-refractivity contribution is 7.86. The Balaban J connectivity index is 2.51. The van der Waals surface area contributed by atoms with Crippen molar-refractivity contribution in [2.24, 2.45) is 0 Å². The van der Waals surface area contributed by atoms with Gasteiger partial charge in [0.1, 0.15) is 0 Å². The predicted octanol–water partition coefficient (Wildman–Crippen LogP) is 3.59. The van der Waals surface area contributed by atoms with E-state index < -0.39 is 15.7 Å². The van der Waals surface area contributed by atoms with Gasteiger partial charge in [0.2, 0.25) is 0 Å². The third kappa shape index (κ3) is 6.73. The van der Waals surface area contributed by atoms with Crippen LogP contribution in [0.2, 0.25) is 0 Å². The molecule has 0 aliphatic rings. The minimum absolute atomic E-state index is 0.0297. The van der Waals surface area contributed by atoms with E-state index in [2.05, 4.69) is 6.08 Å². The van der Waals surface area contributed by atoms with Gasteiger partial charge in [0.05, 0.1) is 17.1 Å². The van der Waals surface area contributed by atoms with Gasteiger partial charge in [0.15, 0.2) is 0 Å². The summed E-state index contributed by atoms with van der Waals surface area (Å²) in [5, 5.41) is 10.2. The van der Waals surface area contributed by atoms with Crippen LogP contribution >= 0.6 is 0 Å². The summed E-state index contributed by atoms with van der Waals surface area (Å²) < 4.78 is 29.1. The molecule has 1 aromatic carbocycles. The molecular weight excluding hydrogens is 300 g/mol. The van der Waals surface area contributed by atoms with Gasteiger partial charge >= 0.3 is 0 Å². The van der Waals surface area contributed by atoms with Crippen LogP contribution in [0.25, 0.3) is 0 Å². The average Bonchev–Trinajstić information content (AvgIpc) is 2.37. The van der Waals surface area contributed by atoms with Crippen LogP contribution in [0.3, 0.4) is 0 Å². The standard InChI is InChI=1S/C17H26O4S/c1-14(2)6-5-11-17(4,18)12-13-21-22(19,20)16-9-7-15(3)8-10-16/h6-10,18H,5,11-13H2,1-4H3/t17-/m0/s1. The molecule has 0 saturated carbocycles. The van der Waals surface area contributed by atoms with Gasteiger partial charge in [0, 0.05) is 6.42 Å². The lowest BCUT2D eigenvalue weighted by molar-refractivity contribution is 0.0305. The van der Waals surface area contributed by atoms with Crippen LogP contribution in [0.1, 0.15) is 45.6 Å². The molecule has 1 rings (SSSR count). The Bertz CT molecular complexity index is 594. The molecule has 0 fully saturated rings. The molecule has 0 spiro atoms. The van der Waals surface area contributed by atoms with Crippen molar-refractivity contribution in [3.63, 3.8) is 0 Å². The van der Waals surface area contributed by atoms with E-state index in [0.717, 1.165) is 12.0 Å². The molecule has 0 heterocycles. The second-order valence-corrected chi connectivity index (χ2v) is 7.77. The summed E-state index contributed by atoms with van der Waals surface area (Å²) in [6, 6.07) is 6.51. The van der Waals surface area contributed by atoms with Gasteiger partial charge in [0.25, 0.3) is 10.1 Å². The minimum Gasteiger partial charge on any atom is -0.390 e. The maximum atomic E-state index is 12.0. The maximum absolute atomic E-state index is 12.0. The van der Waals surface area contributed by atoms with Gasteiger partial charge < -0.3 is 5.11 Å². The van der Waals surface area contributed by atoms with E-state index in [0.29, 0.717) is 6.42 Å². The Kier molecular flexibility index (Phi) is 6.78. The second-order valence-electron chi connectivity index (χ2n) is 6.16. The van der Waals surface area contributed by atoms with Crippen LogP contribution in [0.15, 0.2) is 40.8 Å². The van der Waals surface area contributed by atoms with Crippen molar-refractivity contribution in [2.75, 3.05) is 6.61 Å². The molecule has 5 heteroatoms. The van der Waals surface area contributed by atoms with Crippen molar-refractivity contribution in [1.29, 1.82) is 0 Å². The lowest BCUT2D eigenvalue weighted by atomic mass is 9.96. The molecule has 0 amide bonds. The van der Waals surface area contributed by atoms with E-state index in [1.54, 1.807) is 19.1 Å². The zero-order chi connectivity index (χ0) is 16.8.